The summed E-state index contributed by atoms with van der Waals surface area (Å²) >= 11 is 0. The lowest BCUT2D eigenvalue weighted by atomic mass is 10.2. The number of methoxy groups -OCH3 is 1. The van der Waals surface area contributed by atoms with E-state index in [0.717, 1.165) is 37.2 Å². The Bertz CT molecular complexity index is 479. The Morgan fingerprint density at radius 3 is 2.43 bits per heavy atom. The van der Waals surface area contributed by atoms with E-state index in [4.69, 9.17) is 4.74 Å². The average Bonchev–Trinajstić information content (AvgIpc) is 3.05. The van der Waals surface area contributed by atoms with Crippen LogP contribution >= 0.6 is 0 Å². The largest absolute Gasteiger partial charge is 0.497 e. The van der Waals surface area contributed by atoms with Crippen molar-refractivity contribution < 1.29 is 14.3 Å². The molecule has 114 valence electrons. The van der Waals surface area contributed by atoms with E-state index >= 15 is 0 Å². The number of hydrogen-bond donors (Lipinski definition) is 1. The lowest BCUT2D eigenvalue weighted by Crippen LogP contribution is -2.30. The van der Waals surface area contributed by atoms with Gasteiger partial charge in [0, 0.05) is 32.5 Å². The molecule has 1 aliphatic heterocycles. The van der Waals surface area contributed by atoms with Gasteiger partial charge in [-0.1, -0.05) is 12.1 Å². The van der Waals surface area contributed by atoms with E-state index < -0.39 is 0 Å². The molecule has 0 aromatic heterocycles. The Morgan fingerprint density at radius 1 is 1.14 bits per heavy atom. The van der Waals surface area contributed by atoms with Crippen molar-refractivity contribution >= 4 is 11.8 Å². The molecule has 0 bridgehead atoms. The molecule has 0 spiro atoms. The van der Waals surface area contributed by atoms with Crippen LogP contribution in [0.4, 0.5) is 0 Å². The Morgan fingerprint density at radius 2 is 1.81 bits per heavy atom. The lowest BCUT2D eigenvalue weighted by molar-refractivity contribution is -0.132. The zero-order valence-electron chi connectivity index (χ0n) is 12.4. The molecule has 21 heavy (non-hydrogen) atoms. The molecular formula is C16H22N2O3. The van der Waals surface area contributed by atoms with Crippen molar-refractivity contribution in [3.05, 3.63) is 29.8 Å². The third-order valence-corrected chi connectivity index (χ3v) is 3.67. The summed E-state index contributed by atoms with van der Waals surface area (Å²) in [7, 11) is 1.62. The molecule has 2 rings (SSSR count). The second kappa shape index (κ2) is 7.67. The zero-order valence-corrected chi connectivity index (χ0v) is 12.4. The van der Waals surface area contributed by atoms with E-state index in [2.05, 4.69) is 5.32 Å². The van der Waals surface area contributed by atoms with Gasteiger partial charge in [-0.25, -0.2) is 0 Å². The smallest absolute Gasteiger partial charge is 0.223 e. The molecule has 5 nitrogen and oxygen atoms in total. The zero-order chi connectivity index (χ0) is 15.1. The van der Waals surface area contributed by atoms with Gasteiger partial charge in [-0.05, 0) is 30.5 Å². The van der Waals surface area contributed by atoms with Crippen LogP contribution in [0.3, 0.4) is 0 Å². The Balaban J connectivity index is 1.67. The van der Waals surface area contributed by atoms with E-state index in [0.29, 0.717) is 13.0 Å². The number of ether oxygens (including phenoxy) is 1. The fourth-order valence-electron chi connectivity index (χ4n) is 2.38. The highest BCUT2D eigenvalue weighted by atomic mass is 16.5. The number of carbonyl (C=O) groups is 2. The molecule has 1 N–H and O–H groups in total. The van der Waals surface area contributed by atoms with Crippen LogP contribution in [0.15, 0.2) is 24.3 Å². The summed E-state index contributed by atoms with van der Waals surface area (Å²) in [4.78, 5) is 25.4. The van der Waals surface area contributed by atoms with Gasteiger partial charge in [0.2, 0.25) is 11.8 Å². The SMILES string of the molecule is COc1ccc(CNC(=O)CCC(=O)N2CCCC2)cc1. The standard InChI is InChI=1S/C16H22N2O3/c1-21-14-6-4-13(5-7-14)12-17-15(19)8-9-16(20)18-10-2-3-11-18/h4-7H,2-3,8-12H2,1H3,(H,17,19). The number of nitrogens with one attached hydrogen (secondary N) is 1. The van der Waals surface area contributed by atoms with Crippen molar-refractivity contribution in [3.8, 4) is 5.75 Å². The van der Waals surface area contributed by atoms with Crippen LogP contribution in [0.5, 0.6) is 5.75 Å². The van der Waals surface area contributed by atoms with Crippen molar-refractivity contribution in [1.82, 2.24) is 10.2 Å². The highest BCUT2D eigenvalue weighted by molar-refractivity contribution is 5.83. The normalized spacial score (nSPS) is 14.0. The van der Waals surface area contributed by atoms with Crippen molar-refractivity contribution in [1.29, 1.82) is 0 Å². The third-order valence-electron chi connectivity index (χ3n) is 3.67. The molecule has 2 amide bonds. The van der Waals surface area contributed by atoms with Crippen molar-refractivity contribution in [2.75, 3.05) is 20.2 Å². The minimum Gasteiger partial charge on any atom is -0.497 e. The molecule has 1 saturated heterocycles. The average molecular weight is 290 g/mol. The van der Waals surface area contributed by atoms with Gasteiger partial charge in [-0.2, -0.15) is 0 Å². The second-order valence-electron chi connectivity index (χ2n) is 5.21. The van der Waals surface area contributed by atoms with E-state index in [1.54, 1.807) is 7.11 Å². The molecule has 1 fully saturated rings. The first kappa shape index (κ1) is 15.4. The van der Waals surface area contributed by atoms with Gasteiger partial charge in [0.05, 0.1) is 7.11 Å². The molecule has 0 unspecified atom stereocenters. The fourth-order valence-corrected chi connectivity index (χ4v) is 2.38. The first-order valence-corrected chi connectivity index (χ1v) is 7.36. The predicted octanol–water partition coefficient (Wildman–Crippen LogP) is 1.71. The highest BCUT2D eigenvalue weighted by Gasteiger charge is 2.18. The molecule has 1 aromatic rings. The van der Waals surface area contributed by atoms with Crippen LogP contribution in [0.2, 0.25) is 0 Å². The van der Waals surface area contributed by atoms with Gasteiger partial charge in [0.25, 0.3) is 0 Å². The number of rotatable bonds is 6. The fraction of sp³-hybridized carbons (Fsp3) is 0.500. The number of carbonyl (C=O) groups excluding carboxylic acids is 2. The van der Waals surface area contributed by atoms with Crippen LogP contribution in [-0.4, -0.2) is 36.9 Å². The van der Waals surface area contributed by atoms with Crippen LogP contribution < -0.4 is 10.1 Å². The maximum atomic E-state index is 11.8. The lowest BCUT2D eigenvalue weighted by Gasteiger charge is -2.14. The molecular weight excluding hydrogens is 268 g/mol. The van der Waals surface area contributed by atoms with Crippen LogP contribution in [0.25, 0.3) is 0 Å². The summed E-state index contributed by atoms with van der Waals surface area (Å²) in [6, 6.07) is 7.54. The monoisotopic (exact) mass is 290 g/mol. The summed E-state index contributed by atoms with van der Waals surface area (Å²) in [5.41, 5.74) is 1.01. The molecule has 1 heterocycles. The molecule has 0 radical (unpaired) electrons. The van der Waals surface area contributed by atoms with Crippen LogP contribution in [0.1, 0.15) is 31.2 Å². The minimum atomic E-state index is -0.0848. The van der Waals surface area contributed by atoms with E-state index in [-0.39, 0.29) is 18.2 Å². The summed E-state index contributed by atoms with van der Waals surface area (Å²) in [6.45, 7) is 2.15. The molecule has 0 aliphatic carbocycles. The van der Waals surface area contributed by atoms with Crippen molar-refractivity contribution in [2.45, 2.75) is 32.2 Å². The second-order valence-corrected chi connectivity index (χ2v) is 5.21. The summed E-state index contributed by atoms with van der Waals surface area (Å²) in [5.74, 6) is 0.798. The Kier molecular flexibility index (Phi) is 5.60. The molecule has 5 heteroatoms. The van der Waals surface area contributed by atoms with Gasteiger partial charge >= 0.3 is 0 Å². The number of hydrogen-bond acceptors (Lipinski definition) is 3. The first-order chi connectivity index (χ1) is 10.2. The number of nitrogens with zero attached hydrogens (tertiary/aromatic N) is 1. The Hall–Kier alpha value is -2.04. The predicted molar refractivity (Wildman–Crippen MR) is 79.9 cm³/mol. The van der Waals surface area contributed by atoms with Crippen LogP contribution in [-0.2, 0) is 16.1 Å². The number of likely N-dealkylation sites (tertiary alicyclic amines) is 1. The van der Waals surface area contributed by atoms with Crippen LogP contribution in [0, 0.1) is 0 Å². The number of amides is 2. The van der Waals surface area contributed by atoms with E-state index in [9.17, 15) is 9.59 Å². The maximum Gasteiger partial charge on any atom is 0.223 e. The van der Waals surface area contributed by atoms with E-state index in [1.165, 1.54) is 0 Å². The Labute approximate surface area is 125 Å². The first-order valence-electron chi connectivity index (χ1n) is 7.36. The molecule has 1 aliphatic rings. The van der Waals surface area contributed by atoms with Gasteiger partial charge < -0.3 is 15.0 Å². The molecule has 0 saturated carbocycles. The highest BCUT2D eigenvalue weighted by Crippen LogP contribution is 2.11. The third kappa shape index (κ3) is 4.77. The van der Waals surface area contributed by atoms with E-state index in [1.807, 2.05) is 29.2 Å². The minimum absolute atomic E-state index is 0.0848. The summed E-state index contributed by atoms with van der Waals surface area (Å²) in [6.07, 6.45) is 2.71. The van der Waals surface area contributed by atoms with Gasteiger partial charge in [-0.15, -0.1) is 0 Å². The summed E-state index contributed by atoms with van der Waals surface area (Å²) < 4.78 is 5.08. The van der Waals surface area contributed by atoms with Crippen molar-refractivity contribution in [2.24, 2.45) is 0 Å². The molecule has 1 aromatic carbocycles. The number of benzene rings is 1. The van der Waals surface area contributed by atoms with Gasteiger partial charge in [0.15, 0.2) is 0 Å². The van der Waals surface area contributed by atoms with Gasteiger partial charge in [0.1, 0.15) is 5.75 Å². The van der Waals surface area contributed by atoms with Gasteiger partial charge in [-0.3, -0.25) is 9.59 Å². The quantitative estimate of drug-likeness (QED) is 0.867. The van der Waals surface area contributed by atoms with Crippen molar-refractivity contribution in [3.63, 3.8) is 0 Å². The summed E-state index contributed by atoms with van der Waals surface area (Å²) in [5, 5.41) is 2.83. The molecule has 0 atom stereocenters. The topological polar surface area (TPSA) is 58.6 Å². The maximum absolute atomic E-state index is 11.8.